The topological polar surface area (TPSA) is 0 Å². The maximum atomic E-state index is 2.31. The summed E-state index contributed by atoms with van der Waals surface area (Å²) in [4.78, 5) is 0. The minimum atomic E-state index is 0. The van der Waals surface area contributed by atoms with Crippen LogP contribution in [0.15, 0.2) is 78.9 Å². The van der Waals surface area contributed by atoms with Gasteiger partial charge in [0.25, 0.3) is 0 Å². The molecule has 0 N–H and O–H groups in total. The molecular weight excluding hydrogens is 400 g/mol. The molecule has 0 bridgehead atoms. The number of benzene rings is 2. The Labute approximate surface area is 162 Å². The fraction of sp³-hybridized carbons (Fsp3) is 0.100. The van der Waals surface area contributed by atoms with Gasteiger partial charge in [-0.3, -0.25) is 0 Å². The molecule has 0 heterocycles. The standard InChI is InChI=1S/C11H12P.C9H7.2FH.Zr/c1-12(2)11-7-9-5-3-4-6-10(9)8-11;1-2-5-9-7-3-6-8(9)4-1;;;/h3-8H,1-2H3;1-7H;2*1H;/q2*-1;;;+4/p-2. The molecule has 0 unspecified atom stereocenters. The Hall–Kier alpha value is -1.17. The first kappa shape index (κ1) is 22.8. The van der Waals surface area contributed by atoms with E-state index >= 15 is 0 Å². The predicted molar refractivity (Wildman–Crippen MR) is 97.5 cm³/mol. The van der Waals surface area contributed by atoms with Crippen molar-refractivity contribution >= 4 is 34.8 Å². The number of hydrogen-bond acceptors (Lipinski definition) is 0. The van der Waals surface area contributed by atoms with Crippen LogP contribution in [0.4, 0.5) is 0 Å². The molecule has 0 spiro atoms. The van der Waals surface area contributed by atoms with Crippen LogP contribution in [-0.4, -0.2) is 13.3 Å². The molecule has 0 fully saturated rings. The molecule has 4 rings (SSSR count). The van der Waals surface area contributed by atoms with Gasteiger partial charge >= 0.3 is 26.2 Å². The Balaban J connectivity index is 0.000000402. The molecule has 0 aromatic heterocycles. The molecule has 0 saturated heterocycles. The predicted octanol–water partition coefficient (Wildman–Crippen LogP) is -0.510. The van der Waals surface area contributed by atoms with Crippen molar-refractivity contribution in [2.45, 2.75) is 0 Å². The summed E-state index contributed by atoms with van der Waals surface area (Å²) < 4.78 is 0. The van der Waals surface area contributed by atoms with Gasteiger partial charge in [-0.15, -0.1) is 77.9 Å². The van der Waals surface area contributed by atoms with Gasteiger partial charge in [0.2, 0.25) is 0 Å². The van der Waals surface area contributed by atoms with Crippen molar-refractivity contribution in [1.29, 1.82) is 0 Å². The number of rotatable bonds is 1. The first-order valence-electron chi connectivity index (χ1n) is 7.17. The molecule has 0 aliphatic heterocycles. The molecule has 0 saturated carbocycles. The number of hydrogen-bond donors (Lipinski definition) is 0. The third-order valence-electron chi connectivity index (χ3n) is 3.67. The van der Waals surface area contributed by atoms with E-state index in [0.717, 1.165) is 0 Å². The van der Waals surface area contributed by atoms with Crippen LogP contribution in [0.2, 0.25) is 0 Å². The van der Waals surface area contributed by atoms with Crippen molar-refractivity contribution in [2.24, 2.45) is 0 Å². The molecule has 0 aliphatic carbocycles. The molecule has 4 aromatic carbocycles. The molecule has 0 aliphatic rings. The number of fused-ring (bicyclic) bond motifs is 2. The van der Waals surface area contributed by atoms with Gasteiger partial charge in [0.15, 0.2) is 0 Å². The Bertz CT molecular complexity index is 785. The van der Waals surface area contributed by atoms with Crippen LogP contribution >= 0.6 is 7.92 Å². The molecule has 4 heteroatoms. The van der Waals surface area contributed by atoms with Crippen molar-refractivity contribution in [3.05, 3.63) is 78.9 Å². The molecule has 0 radical (unpaired) electrons. The second kappa shape index (κ2) is 10.6. The molecule has 122 valence electrons. The zero-order valence-electron chi connectivity index (χ0n) is 13.7. The Morgan fingerprint density at radius 1 is 0.750 bits per heavy atom. The summed E-state index contributed by atoms with van der Waals surface area (Å²) in [6.07, 6.45) is 0. The van der Waals surface area contributed by atoms with Gasteiger partial charge in [0.1, 0.15) is 0 Å². The average molecular weight is 420 g/mol. The normalized spacial score (nSPS) is 9.46. The summed E-state index contributed by atoms with van der Waals surface area (Å²) in [5, 5.41) is 6.92. The number of halogens is 2. The Kier molecular flexibility index (Phi) is 10.1. The monoisotopic (exact) mass is 418 g/mol. The van der Waals surface area contributed by atoms with E-state index in [4.69, 9.17) is 0 Å². The minimum absolute atomic E-state index is 0. The largest absolute Gasteiger partial charge is 4.00 e. The first-order chi connectivity index (χ1) is 10.2. The Morgan fingerprint density at radius 3 is 1.92 bits per heavy atom. The fourth-order valence-corrected chi connectivity index (χ4v) is 3.26. The van der Waals surface area contributed by atoms with Crippen LogP contribution in [0.1, 0.15) is 0 Å². The summed E-state index contributed by atoms with van der Waals surface area (Å²) in [6, 6.07) is 27.8. The van der Waals surface area contributed by atoms with Gasteiger partial charge in [-0.2, -0.15) is 23.6 Å². The van der Waals surface area contributed by atoms with Gasteiger partial charge in [-0.25, -0.2) is 0 Å². The summed E-state index contributed by atoms with van der Waals surface area (Å²) in [6.45, 7) is 4.59. The van der Waals surface area contributed by atoms with Crippen LogP contribution in [0.25, 0.3) is 21.5 Å². The minimum Gasteiger partial charge on any atom is -1.00 e. The summed E-state index contributed by atoms with van der Waals surface area (Å²) >= 11 is 0. The van der Waals surface area contributed by atoms with E-state index in [2.05, 4.69) is 92.2 Å². The van der Waals surface area contributed by atoms with E-state index in [1.807, 2.05) is 0 Å². The molecule has 0 atom stereocenters. The SMILES string of the molecule is CP(C)c1cc2ccccc2[cH-]1.[F-].[F-].[Zr+4].c1ccc2[cH-]ccc2c1. The van der Waals surface area contributed by atoms with Gasteiger partial charge in [0, 0.05) is 0 Å². The molecule has 0 amide bonds. The summed E-state index contributed by atoms with van der Waals surface area (Å²) in [5.74, 6) is 0. The zero-order chi connectivity index (χ0) is 14.7. The average Bonchev–Trinajstić information content (AvgIpc) is 3.14. The van der Waals surface area contributed by atoms with Crippen molar-refractivity contribution in [1.82, 2.24) is 0 Å². The van der Waals surface area contributed by atoms with Crippen LogP contribution in [-0.2, 0) is 26.2 Å². The van der Waals surface area contributed by atoms with E-state index in [9.17, 15) is 0 Å². The van der Waals surface area contributed by atoms with Crippen LogP contribution in [0.3, 0.4) is 0 Å². The van der Waals surface area contributed by atoms with E-state index in [1.54, 1.807) is 0 Å². The fourth-order valence-electron chi connectivity index (χ4n) is 2.46. The molecule has 24 heavy (non-hydrogen) atoms. The van der Waals surface area contributed by atoms with Crippen LogP contribution < -0.4 is 14.7 Å². The first-order valence-corrected chi connectivity index (χ1v) is 9.41. The van der Waals surface area contributed by atoms with E-state index in [0.29, 0.717) is 0 Å². The summed E-state index contributed by atoms with van der Waals surface area (Å²) in [7, 11) is 0.0576. The smallest absolute Gasteiger partial charge is 1.00 e. The van der Waals surface area contributed by atoms with Gasteiger partial charge in [-0.1, -0.05) is 12.1 Å². The maximum absolute atomic E-state index is 2.31. The third-order valence-corrected chi connectivity index (χ3v) is 4.96. The quantitative estimate of drug-likeness (QED) is 0.288. The molecule has 0 nitrogen and oxygen atoms in total. The van der Waals surface area contributed by atoms with Crippen molar-refractivity contribution in [2.75, 3.05) is 13.3 Å². The second-order valence-corrected chi connectivity index (χ2v) is 7.70. The van der Waals surface area contributed by atoms with Gasteiger partial charge in [-0.05, 0) is 13.3 Å². The van der Waals surface area contributed by atoms with Crippen molar-refractivity contribution in [3.8, 4) is 0 Å². The van der Waals surface area contributed by atoms with Crippen molar-refractivity contribution < 1.29 is 35.6 Å². The van der Waals surface area contributed by atoms with Crippen LogP contribution in [0.5, 0.6) is 0 Å². The molecule has 4 aromatic rings. The maximum Gasteiger partial charge on any atom is 4.00 e. The van der Waals surface area contributed by atoms with E-state index in [1.165, 1.54) is 26.8 Å². The van der Waals surface area contributed by atoms with E-state index < -0.39 is 0 Å². The second-order valence-electron chi connectivity index (χ2n) is 5.39. The zero-order valence-corrected chi connectivity index (χ0v) is 17.1. The third kappa shape index (κ3) is 5.43. The summed E-state index contributed by atoms with van der Waals surface area (Å²) in [5.41, 5.74) is 0. The Morgan fingerprint density at radius 2 is 1.33 bits per heavy atom. The van der Waals surface area contributed by atoms with E-state index in [-0.39, 0.29) is 43.5 Å². The van der Waals surface area contributed by atoms with Crippen LogP contribution in [0, 0.1) is 0 Å². The van der Waals surface area contributed by atoms with Gasteiger partial charge in [0.05, 0.1) is 0 Å². The molecular formula is C20H19F2PZr. The van der Waals surface area contributed by atoms with Gasteiger partial charge < -0.3 is 9.41 Å². The van der Waals surface area contributed by atoms with Crippen molar-refractivity contribution in [3.63, 3.8) is 0 Å².